The molecule has 1 unspecified atom stereocenters. The van der Waals surface area contributed by atoms with Crippen molar-refractivity contribution in [2.45, 2.75) is 40.2 Å². The van der Waals surface area contributed by atoms with E-state index in [4.69, 9.17) is 5.11 Å². The standard InChI is InChI=1S/C12H19N3O2/c1-5-10(7(2)3)15-12-13-6-9(11(16)17)8(4)14-12/h6-7,10H,5H2,1-4H3,(H,16,17)(H,13,14,15). The molecule has 94 valence electrons. The number of carboxylic acids is 1. The Morgan fingerprint density at radius 1 is 1.53 bits per heavy atom. The van der Waals surface area contributed by atoms with Gasteiger partial charge in [0.05, 0.1) is 11.3 Å². The number of rotatable bonds is 5. The van der Waals surface area contributed by atoms with Crippen LogP contribution in [0.5, 0.6) is 0 Å². The van der Waals surface area contributed by atoms with Crippen LogP contribution in [0, 0.1) is 12.8 Å². The molecular weight excluding hydrogens is 218 g/mol. The van der Waals surface area contributed by atoms with Gasteiger partial charge in [0, 0.05) is 12.2 Å². The Kier molecular flexibility index (Phi) is 4.43. The minimum atomic E-state index is -0.995. The second-order valence-corrected chi connectivity index (χ2v) is 4.40. The minimum Gasteiger partial charge on any atom is -0.478 e. The molecule has 5 nitrogen and oxygen atoms in total. The van der Waals surface area contributed by atoms with Crippen LogP contribution < -0.4 is 5.32 Å². The highest BCUT2D eigenvalue weighted by Gasteiger charge is 2.14. The second-order valence-electron chi connectivity index (χ2n) is 4.40. The van der Waals surface area contributed by atoms with Crippen LogP contribution in [0.15, 0.2) is 6.20 Å². The molecule has 0 aliphatic carbocycles. The van der Waals surface area contributed by atoms with Crippen molar-refractivity contribution in [2.75, 3.05) is 5.32 Å². The fraction of sp³-hybridized carbons (Fsp3) is 0.583. The van der Waals surface area contributed by atoms with Gasteiger partial charge in [0.1, 0.15) is 0 Å². The summed E-state index contributed by atoms with van der Waals surface area (Å²) in [4.78, 5) is 19.0. The fourth-order valence-electron chi connectivity index (χ4n) is 1.65. The smallest absolute Gasteiger partial charge is 0.339 e. The predicted molar refractivity (Wildman–Crippen MR) is 66.3 cm³/mol. The molecule has 1 rings (SSSR count). The van der Waals surface area contributed by atoms with E-state index in [1.165, 1.54) is 6.20 Å². The topological polar surface area (TPSA) is 75.1 Å². The summed E-state index contributed by atoms with van der Waals surface area (Å²) in [5, 5.41) is 12.1. The molecular formula is C12H19N3O2. The maximum absolute atomic E-state index is 10.8. The molecule has 0 radical (unpaired) electrons. The van der Waals surface area contributed by atoms with E-state index in [1.54, 1.807) is 6.92 Å². The number of carboxylic acid groups (broad SMARTS) is 1. The maximum Gasteiger partial charge on any atom is 0.339 e. The van der Waals surface area contributed by atoms with Crippen molar-refractivity contribution >= 4 is 11.9 Å². The van der Waals surface area contributed by atoms with Crippen molar-refractivity contribution < 1.29 is 9.90 Å². The molecule has 2 N–H and O–H groups in total. The summed E-state index contributed by atoms with van der Waals surface area (Å²) in [5.74, 6) is -0.0268. The highest BCUT2D eigenvalue weighted by molar-refractivity contribution is 5.88. The Morgan fingerprint density at radius 3 is 2.59 bits per heavy atom. The summed E-state index contributed by atoms with van der Waals surface area (Å²) in [6.07, 6.45) is 2.32. The number of anilines is 1. The molecule has 0 fully saturated rings. The first-order chi connectivity index (χ1) is 7.95. The molecule has 1 heterocycles. The number of hydrogen-bond donors (Lipinski definition) is 2. The highest BCUT2D eigenvalue weighted by atomic mass is 16.4. The van der Waals surface area contributed by atoms with Gasteiger partial charge in [-0.15, -0.1) is 0 Å². The molecule has 0 saturated carbocycles. The summed E-state index contributed by atoms with van der Waals surface area (Å²) in [6, 6.07) is 0.296. The third kappa shape index (κ3) is 3.41. The Hall–Kier alpha value is -1.65. The molecule has 17 heavy (non-hydrogen) atoms. The average molecular weight is 237 g/mol. The SMILES string of the molecule is CCC(Nc1ncc(C(=O)O)c(C)n1)C(C)C. The fourth-order valence-corrected chi connectivity index (χ4v) is 1.65. The van der Waals surface area contributed by atoms with Crippen molar-refractivity contribution in [3.05, 3.63) is 17.5 Å². The Balaban J connectivity index is 2.87. The van der Waals surface area contributed by atoms with Crippen molar-refractivity contribution in [1.82, 2.24) is 9.97 Å². The molecule has 0 aliphatic rings. The van der Waals surface area contributed by atoms with Gasteiger partial charge in [-0.25, -0.2) is 14.8 Å². The summed E-state index contributed by atoms with van der Waals surface area (Å²) in [6.45, 7) is 8.02. The lowest BCUT2D eigenvalue weighted by molar-refractivity contribution is 0.0695. The lowest BCUT2D eigenvalue weighted by Crippen LogP contribution is -2.26. The molecule has 0 saturated heterocycles. The summed E-state index contributed by atoms with van der Waals surface area (Å²) in [7, 11) is 0. The van der Waals surface area contributed by atoms with Gasteiger partial charge in [0.25, 0.3) is 0 Å². The van der Waals surface area contributed by atoms with Crippen LogP contribution in [0.4, 0.5) is 5.95 Å². The lowest BCUT2D eigenvalue weighted by Gasteiger charge is -2.20. The van der Waals surface area contributed by atoms with Gasteiger partial charge in [0.15, 0.2) is 0 Å². The predicted octanol–water partition coefficient (Wildman–Crippen LogP) is 2.33. The van der Waals surface area contributed by atoms with Crippen LogP contribution in [0.2, 0.25) is 0 Å². The highest BCUT2D eigenvalue weighted by Crippen LogP contribution is 2.13. The molecule has 0 amide bonds. The van der Waals surface area contributed by atoms with Gasteiger partial charge in [0.2, 0.25) is 5.95 Å². The van der Waals surface area contributed by atoms with Crippen molar-refractivity contribution in [2.24, 2.45) is 5.92 Å². The van der Waals surface area contributed by atoms with Crippen LogP contribution >= 0.6 is 0 Å². The lowest BCUT2D eigenvalue weighted by atomic mass is 10.0. The molecule has 0 spiro atoms. The zero-order valence-corrected chi connectivity index (χ0v) is 10.7. The molecule has 1 aromatic heterocycles. The Morgan fingerprint density at radius 2 is 2.18 bits per heavy atom. The summed E-state index contributed by atoms with van der Waals surface area (Å²) < 4.78 is 0. The van der Waals surface area contributed by atoms with E-state index in [9.17, 15) is 4.79 Å². The van der Waals surface area contributed by atoms with Crippen LogP contribution in [0.1, 0.15) is 43.2 Å². The zero-order chi connectivity index (χ0) is 13.0. The molecule has 1 aromatic rings. The van der Waals surface area contributed by atoms with Gasteiger partial charge >= 0.3 is 5.97 Å². The minimum absolute atomic E-state index is 0.146. The monoisotopic (exact) mass is 237 g/mol. The first-order valence-corrected chi connectivity index (χ1v) is 5.79. The number of aromatic nitrogens is 2. The molecule has 0 aliphatic heterocycles. The van der Waals surface area contributed by atoms with Gasteiger partial charge in [-0.1, -0.05) is 20.8 Å². The normalized spacial score (nSPS) is 12.5. The van der Waals surface area contributed by atoms with Crippen molar-refractivity contribution in [3.63, 3.8) is 0 Å². The van der Waals surface area contributed by atoms with E-state index >= 15 is 0 Å². The van der Waals surface area contributed by atoms with Crippen LogP contribution in [0.25, 0.3) is 0 Å². The first kappa shape index (κ1) is 13.4. The Labute approximate surface area is 101 Å². The van der Waals surface area contributed by atoms with E-state index in [0.29, 0.717) is 23.6 Å². The molecule has 5 heteroatoms. The van der Waals surface area contributed by atoms with E-state index in [2.05, 4.69) is 36.1 Å². The Bertz CT molecular complexity index is 405. The van der Waals surface area contributed by atoms with E-state index in [1.807, 2.05) is 0 Å². The largest absolute Gasteiger partial charge is 0.478 e. The average Bonchev–Trinajstić information content (AvgIpc) is 2.24. The summed E-state index contributed by atoms with van der Waals surface area (Å²) >= 11 is 0. The maximum atomic E-state index is 10.8. The number of carbonyl (C=O) groups is 1. The number of nitrogens with zero attached hydrogens (tertiary/aromatic N) is 2. The van der Waals surface area contributed by atoms with E-state index < -0.39 is 5.97 Å². The first-order valence-electron chi connectivity index (χ1n) is 5.79. The van der Waals surface area contributed by atoms with E-state index in [0.717, 1.165) is 6.42 Å². The van der Waals surface area contributed by atoms with Gasteiger partial charge < -0.3 is 10.4 Å². The third-order valence-electron chi connectivity index (χ3n) is 2.77. The van der Waals surface area contributed by atoms with Crippen molar-refractivity contribution in [3.8, 4) is 0 Å². The number of nitrogens with one attached hydrogen (secondary N) is 1. The van der Waals surface area contributed by atoms with Crippen LogP contribution in [-0.4, -0.2) is 27.1 Å². The zero-order valence-electron chi connectivity index (χ0n) is 10.7. The van der Waals surface area contributed by atoms with Crippen LogP contribution in [0.3, 0.4) is 0 Å². The number of hydrogen-bond acceptors (Lipinski definition) is 4. The molecule has 0 bridgehead atoms. The molecule has 0 aromatic carbocycles. The van der Waals surface area contributed by atoms with E-state index in [-0.39, 0.29) is 5.56 Å². The van der Waals surface area contributed by atoms with Gasteiger partial charge in [-0.2, -0.15) is 0 Å². The van der Waals surface area contributed by atoms with Crippen LogP contribution in [-0.2, 0) is 0 Å². The quantitative estimate of drug-likeness (QED) is 0.822. The number of aryl methyl sites for hydroxylation is 1. The third-order valence-corrected chi connectivity index (χ3v) is 2.77. The molecule has 1 atom stereocenters. The second kappa shape index (κ2) is 5.61. The summed E-state index contributed by atoms with van der Waals surface area (Å²) in [5.41, 5.74) is 0.627. The number of aromatic carboxylic acids is 1. The van der Waals surface area contributed by atoms with Gasteiger partial charge in [-0.05, 0) is 19.3 Å². The van der Waals surface area contributed by atoms with Crippen molar-refractivity contribution in [1.29, 1.82) is 0 Å². The van der Waals surface area contributed by atoms with Gasteiger partial charge in [-0.3, -0.25) is 0 Å².